The Morgan fingerprint density at radius 3 is 2.61 bits per heavy atom. The van der Waals surface area contributed by atoms with Crippen LogP contribution in [0.2, 0.25) is 5.02 Å². The number of hydrogen-bond donors (Lipinski definition) is 2. The monoisotopic (exact) mass is 336 g/mol. The Labute approximate surface area is 142 Å². The van der Waals surface area contributed by atoms with E-state index in [-0.39, 0.29) is 24.6 Å². The van der Waals surface area contributed by atoms with Crippen molar-refractivity contribution in [2.45, 2.75) is 38.1 Å². The van der Waals surface area contributed by atoms with E-state index in [9.17, 15) is 9.90 Å². The van der Waals surface area contributed by atoms with Crippen LogP contribution in [0.15, 0.2) is 24.3 Å². The smallest absolute Gasteiger partial charge is 0.317 e. The van der Waals surface area contributed by atoms with Gasteiger partial charge in [-0.1, -0.05) is 30.2 Å². The summed E-state index contributed by atoms with van der Waals surface area (Å²) in [6, 6.07) is 7.85. The van der Waals surface area contributed by atoms with Gasteiger partial charge in [0.2, 0.25) is 0 Å². The Bertz CT molecular complexity index is 530. The molecule has 0 aromatic heterocycles. The molecule has 1 aliphatic carbocycles. The number of nitrogens with zero attached hydrogens (tertiary/aromatic N) is 1. The van der Waals surface area contributed by atoms with Crippen molar-refractivity contribution in [3.63, 3.8) is 0 Å². The Balaban J connectivity index is 1.68. The fourth-order valence-electron chi connectivity index (χ4n) is 3.54. The van der Waals surface area contributed by atoms with E-state index in [0.29, 0.717) is 17.5 Å². The largest absolute Gasteiger partial charge is 0.396 e. The number of aliphatic hydroxyl groups is 1. The second-order valence-corrected chi connectivity index (χ2v) is 7.24. The number of carbonyl (C=O) groups is 1. The number of aliphatic hydroxyl groups excluding tert-OH is 1. The number of halogens is 1. The highest BCUT2D eigenvalue weighted by molar-refractivity contribution is 6.30. The van der Waals surface area contributed by atoms with Crippen LogP contribution in [0.3, 0.4) is 0 Å². The lowest BCUT2D eigenvalue weighted by Gasteiger charge is -2.38. The SMILES string of the molecule is O=C(NC(c1ccc(Cl)cc1)C1CCC1)N1CCCC(CO)C1. The zero-order chi connectivity index (χ0) is 16.2. The molecule has 2 fully saturated rings. The molecule has 1 saturated heterocycles. The topological polar surface area (TPSA) is 52.6 Å². The average Bonchev–Trinajstić information content (AvgIpc) is 2.53. The minimum atomic E-state index is -0.00463. The van der Waals surface area contributed by atoms with Crippen LogP contribution in [-0.2, 0) is 0 Å². The van der Waals surface area contributed by atoms with Gasteiger partial charge < -0.3 is 15.3 Å². The summed E-state index contributed by atoms with van der Waals surface area (Å²) >= 11 is 5.98. The molecule has 1 aromatic carbocycles. The van der Waals surface area contributed by atoms with Gasteiger partial charge in [-0.25, -0.2) is 4.79 Å². The molecule has 0 spiro atoms. The molecule has 0 bridgehead atoms. The molecule has 23 heavy (non-hydrogen) atoms. The number of benzene rings is 1. The van der Waals surface area contributed by atoms with Crippen molar-refractivity contribution in [3.05, 3.63) is 34.9 Å². The lowest BCUT2D eigenvalue weighted by Crippen LogP contribution is -2.48. The highest BCUT2D eigenvalue weighted by atomic mass is 35.5. The molecule has 2 atom stereocenters. The first-order chi connectivity index (χ1) is 11.2. The maximum atomic E-state index is 12.7. The first-order valence-corrected chi connectivity index (χ1v) is 8.97. The predicted molar refractivity (Wildman–Crippen MR) is 91.4 cm³/mol. The van der Waals surface area contributed by atoms with E-state index in [0.717, 1.165) is 37.8 Å². The van der Waals surface area contributed by atoms with Crippen molar-refractivity contribution in [1.29, 1.82) is 0 Å². The highest BCUT2D eigenvalue weighted by Crippen LogP contribution is 2.38. The van der Waals surface area contributed by atoms with Crippen LogP contribution in [0.1, 0.15) is 43.7 Å². The van der Waals surface area contributed by atoms with E-state index in [1.165, 1.54) is 6.42 Å². The van der Waals surface area contributed by atoms with Crippen molar-refractivity contribution in [3.8, 4) is 0 Å². The lowest BCUT2D eigenvalue weighted by atomic mass is 9.77. The molecule has 5 heteroatoms. The van der Waals surface area contributed by atoms with Crippen molar-refractivity contribution in [1.82, 2.24) is 10.2 Å². The fraction of sp³-hybridized carbons (Fsp3) is 0.611. The zero-order valence-corrected chi connectivity index (χ0v) is 14.1. The molecule has 1 aliphatic heterocycles. The standard InChI is InChI=1S/C18H25ClN2O2/c19-16-8-6-15(7-9-16)17(14-4-1-5-14)20-18(23)21-10-2-3-13(11-21)12-22/h6-9,13-14,17,22H,1-5,10-12H2,(H,20,23). The van der Waals surface area contributed by atoms with Gasteiger partial charge in [-0.15, -0.1) is 0 Å². The van der Waals surface area contributed by atoms with Gasteiger partial charge in [0, 0.05) is 24.7 Å². The van der Waals surface area contributed by atoms with E-state index in [4.69, 9.17) is 11.6 Å². The third kappa shape index (κ3) is 3.99. The summed E-state index contributed by atoms with van der Waals surface area (Å²) in [4.78, 5) is 14.5. The maximum Gasteiger partial charge on any atom is 0.317 e. The number of urea groups is 1. The zero-order valence-electron chi connectivity index (χ0n) is 13.4. The fourth-order valence-corrected chi connectivity index (χ4v) is 3.67. The minimum absolute atomic E-state index is 0.00463. The Morgan fingerprint density at radius 2 is 2.00 bits per heavy atom. The van der Waals surface area contributed by atoms with Gasteiger partial charge in [0.1, 0.15) is 0 Å². The normalized spacial score (nSPS) is 23.2. The van der Waals surface area contributed by atoms with E-state index >= 15 is 0 Å². The summed E-state index contributed by atoms with van der Waals surface area (Å²) in [6.45, 7) is 1.59. The molecule has 126 valence electrons. The summed E-state index contributed by atoms with van der Waals surface area (Å²) in [5.74, 6) is 0.728. The Hall–Kier alpha value is -1.26. The minimum Gasteiger partial charge on any atom is -0.396 e. The van der Waals surface area contributed by atoms with Crippen molar-refractivity contribution >= 4 is 17.6 Å². The number of rotatable bonds is 4. The number of likely N-dealkylation sites (tertiary alicyclic amines) is 1. The van der Waals surface area contributed by atoms with Gasteiger partial charge in [-0.2, -0.15) is 0 Å². The summed E-state index contributed by atoms with van der Waals surface area (Å²) in [6.07, 6.45) is 5.53. The first-order valence-electron chi connectivity index (χ1n) is 8.59. The van der Waals surface area contributed by atoms with Crippen LogP contribution in [0.25, 0.3) is 0 Å². The average molecular weight is 337 g/mol. The summed E-state index contributed by atoms with van der Waals surface area (Å²) < 4.78 is 0. The number of carbonyl (C=O) groups excluding carboxylic acids is 1. The molecule has 1 heterocycles. The van der Waals surface area contributed by atoms with Crippen LogP contribution in [0.5, 0.6) is 0 Å². The molecule has 1 aromatic rings. The molecule has 3 rings (SSSR count). The van der Waals surface area contributed by atoms with E-state index in [2.05, 4.69) is 5.32 Å². The van der Waals surface area contributed by atoms with Crippen LogP contribution in [0, 0.1) is 11.8 Å². The molecule has 2 unspecified atom stereocenters. The maximum absolute atomic E-state index is 12.7. The van der Waals surface area contributed by atoms with Crippen molar-refractivity contribution in [2.24, 2.45) is 11.8 Å². The van der Waals surface area contributed by atoms with Crippen LogP contribution in [0.4, 0.5) is 4.79 Å². The summed E-state index contributed by atoms with van der Waals surface area (Å²) in [5, 5.41) is 13.3. The third-order valence-corrected chi connectivity index (χ3v) is 5.45. The molecule has 4 nitrogen and oxygen atoms in total. The lowest BCUT2D eigenvalue weighted by molar-refractivity contribution is 0.123. The number of amides is 2. The number of hydrogen-bond acceptors (Lipinski definition) is 2. The number of nitrogens with one attached hydrogen (secondary N) is 1. The molecular formula is C18H25ClN2O2. The molecule has 0 radical (unpaired) electrons. The summed E-state index contributed by atoms with van der Waals surface area (Å²) in [7, 11) is 0. The quantitative estimate of drug-likeness (QED) is 0.882. The first kappa shape index (κ1) is 16.6. The molecule has 2 N–H and O–H groups in total. The van der Waals surface area contributed by atoms with Gasteiger partial charge in [-0.05, 0) is 55.2 Å². The van der Waals surface area contributed by atoms with Gasteiger partial charge in [0.15, 0.2) is 0 Å². The molecule has 2 aliphatic rings. The van der Waals surface area contributed by atoms with Gasteiger partial charge in [0.25, 0.3) is 0 Å². The van der Waals surface area contributed by atoms with Crippen molar-refractivity contribution in [2.75, 3.05) is 19.7 Å². The molecular weight excluding hydrogens is 312 g/mol. The van der Waals surface area contributed by atoms with E-state index < -0.39 is 0 Å². The molecule has 2 amide bonds. The summed E-state index contributed by atoms with van der Waals surface area (Å²) in [5.41, 5.74) is 1.13. The molecule has 1 saturated carbocycles. The number of piperidine rings is 1. The third-order valence-electron chi connectivity index (χ3n) is 5.19. The van der Waals surface area contributed by atoms with Gasteiger partial charge >= 0.3 is 6.03 Å². The van der Waals surface area contributed by atoms with Gasteiger partial charge in [-0.3, -0.25) is 0 Å². The van der Waals surface area contributed by atoms with E-state index in [1.54, 1.807) is 0 Å². The van der Waals surface area contributed by atoms with Crippen LogP contribution >= 0.6 is 11.6 Å². The Morgan fingerprint density at radius 1 is 1.26 bits per heavy atom. The second-order valence-electron chi connectivity index (χ2n) is 6.81. The van der Waals surface area contributed by atoms with Crippen LogP contribution in [-0.4, -0.2) is 35.7 Å². The van der Waals surface area contributed by atoms with E-state index in [1.807, 2.05) is 29.2 Å². The van der Waals surface area contributed by atoms with Crippen LogP contribution < -0.4 is 5.32 Å². The van der Waals surface area contributed by atoms with Crippen molar-refractivity contribution < 1.29 is 9.90 Å². The Kier molecular flexibility index (Phi) is 5.44. The predicted octanol–water partition coefficient (Wildman–Crippen LogP) is 3.60. The highest BCUT2D eigenvalue weighted by Gasteiger charge is 2.32. The second kappa shape index (κ2) is 7.54. The van der Waals surface area contributed by atoms with Gasteiger partial charge in [0.05, 0.1) is 6.04 Å².